The fourth-order valence-corrected chi connectivity index (χ4v) is 7.52. The van der Waals surface area contributed by atoms with E-state index in [1.807, 2.05) is 0 Å². The van der Waals surface area contributed by atoms with Gasteiger partial charge in [0.2, 0.25) is 5.75 Å². The summed E-state index contributed by atoms with van der Waals surface area (Å²) in [5.74, 6) is -55.4. The first-order valence-corrected chi connectivity index (χ1v) is 15.2. The summed E-state index contributed by atoms with van der Waals surface area (Å²) in [5.41, 5.74) is 0. The Morgan fingerprint density at radius 3 is 1.50 bits per heavy atom. The largest absolute Gasteiger partial charge is 0.460 e. The molecule has 1 saturated carbocycles. The van der Waals surface area contributed by atoms with Gasteiger partial charge in [0.15, 0.2) is 17.0 Å². The third-order valence-corrected chi connectivity index (χ3v) is 10.3. The summed E-state index contributed by atoms with van der Waals surface area (Å²) in [4.78, 5) is 12.1. The molecule has 1 atom stereocenters. The number of unbranched alkanes of at least 4 members (excludes halogenated alkanes) is 1. The molecule has 0 amide bonds. The van der Waals surface area contributed by atoms with Crippen molar-refractivity contribution >= 4 is 27.1 Å². The molecule has 23 heteroatoms. The number of rotatable bonds is 16. The second-order valence-corrected chi connectivity index (χ2v) is 13.3. The van der Waals surface area contributed by atoms with Gasteiger partial charge in [0.1, 0.15) is 5.75 Å². The Morgan fingerprint density at radius 2 is 1.09 bits per heavy atom. The van der Waals surface area contributed by atoms with Gasteiger partial charge >= 0.3 is 57.1 Å². The van der Waals surface area contributed by atoms with Gasteiger partial charge < -0.3 is 0 Å². The Hall–Kier alpha value is -1.26. The van der Waals surface area contributed by atoms with Gasteiger partial charge in [-0.1, -0.05) is 32.6 Å². The molecule has 0 spiro atoms. The molecular weight excluding hydrogens is 703 g/mol. The SMILES string of the molecule is CCCCC(=O)C[S+](CC1CCCCC1)OS(=O)(=O)C(F)(F)C(F)(F)C(F)(F)C(F)(F)C(F)(F)C(F)(F)C(F)(F)C(F)(F)F. The van der Waals surface area contributed by atoms with Crippen LogP contribution in [-0.4, -0.2) is 72.7 Å². The highest BCUT2D eigenvalue weighted by molar-refractivity contribution is 8.03. The summed E-state index contributed by atoms with van der Waals surface area (Å²) in [5, 5.41) is -7.75. The Balaban J connectivity index is 3.58. The lowest BCUT2D eigenvalue weighted by atomic mass is 9.91. The Bertz CT molecular complexity index is 1100. The van der Waals surface area contributed by atoms with E-state index in [2.05, 4.69) is 3.63 Å². The number of halogens is 17. The standard InChI is InChI=1S/C21H24F17O4S2/c1-2-3-9-13(39)11-43(10-12-7-5-4-6-8-12)42-44(40,41)21(37,38)19(32,33)17(28,29)15(24,25)14(22,23)16(26,27)18(30,31)20(34,35)36/h12H,2-11H2,1H3/q+1. The first kappa shape index (κ1) is 40.8. The number of hydrogen-bond acceptors (Lipinski definition) is 4. The molecule has 1 aliphatic rings. The Morgan fingerprint density at radius 1 is 0.682 bits per heavy atom. The number of alkyl halides is 17. The first-order chi connectivity index (χ1) is 19.4. The predicted octanol–water partition coefficient (Wildman–Crippen LogP) is 8.17. The van der Waals surface area contributed by atoms with Crippen LogP contribution in [0.15, 0.2) is 0 Å². The van der Waals surface area contributed by atoms with Crippen LogP contribution in [0.1, 0.15) is 58.3 Å². The summed E-state index contributed by atoms with van der Waals surface area (Å²) in [7, 11) is -7.71. The number of hydrogen-bond donors (Lipinski definition) is 0. The molecule has 1 rings (SSSR count). The molecule has 0 radical (unpaired) electrons. The normalized spacial score (nSPS) is 18.4. The minimum absolute atomic E-state index is 0.133. The van der Waals surface area contributed by atoms with Crippen molar-refractivity contribution in [1.29, 1.82) is 0 Å². The second-order valence-electron chi connectivity index (χ2n) is 9.88. The number of carbonyl (C=O) groups is 1. The van der Waals surface area contributed by atoms with Crippen molar-refractivity contribution in [3.63, 3.8) is 0 Å². The third kappa shape index (κ3) is 7.02. The fraction of sp³-hybridized carbons (Fsp3) is 0.952. The van der Waals surface area contributed by atoms with Crippen LogP contribution in [0.25, 0.3) is 0 Å². The quantitative estimate of drug-likeness (QED) is 0.119. The van der Waals surface area contributed by atoms with Gasteiger partial charge in [-0.05, 0) is 22.9 Å². The maximum Gasteiger partial charge on any atom is 0.460 e. The molecule has 0 aromatic rings. The van der Waals surface area contributed by atoms with E-state index < -0.39 is 91.5 Å². The zero-order valence-corrected chi connectivity index (χ0v) is 23.7. The molecule has 4 nitrogen and oxygen atoms in total. The smallest absolute Gasteiger partial charge is 0.294 e. The molecule has 0 aromatic heterocycles. The van der Waals surface area contributed by atoms with Crippen LogP contribution < -0.4 is 0 Å². The van der Waals surface area contributed by atoms with Crippen LogP contribution in [0, 0.1) is 5.92 Å². The minimum atomic E-state index is -8.92. The molecule has 0 aromatic carbocycles. The number of carbonyl (C=O) groups excluding carboxylic acids is 1. The van der Waals surface area contributed by atoms with E-state index in [-0.39, 0.29) is 25.7 Å². The molecule has 0 N–H and O–H groups in total. The van der Waals surface area contributed by atoms with Gasteiger partial charge in [0, 0.05) is 12.3 Å². The van der Waals surface area contributed by atoms with Crippen molar-refractivity contribution in [1.82, 2.24) is 0 Å². The molecule has 262 valence electrons. The minimum Gasteiger partial charge on any atom is -0.294 e. The Labute approximate surface area is 241 Å². The summed E-state index contributed by atoms with van der Waals surface area (Å²) >= 11 is -2.68. The lowest BCUT2D eigenvalue weighted by Crippen LogP contribution is -2.75. The van der Waals surface area contributed by atoms with Crippen LogP contribution >= 0.6 is 0 Å². The van der Waals surface area contributed by atoms with Crippen molar-refractivity contribution < 1.29 is 91.5 Å². The Kier molecular flexibility index (Phi) is 12.1. The van der Waals surface area contributed by atoms with Crippen molar-refractivity contribution in [2.24, 2.45) is 5.92 Å². The highest BCUT2D eigenvalue weighted by atomic mass is 32.3. The van der Waals surface area contributed by atoms with Gasteiger partial charge in [-0.25, -0.2) is 0 Å². The summed E-state index contributed by atoms with van der Waals surface area (Å²) in [6.45, 7) is 1.57. The number of Topliss-reactive ketones (excluding diaryl/α,β-unsaturated/α-hetero) is 1. The van der Waals surface area contributed by atoms with E-state index in [1.54, 1.807) is 6.92 Å². The van der Waals surface area contributed by atoms with Crippen LogP contribution in [-0.2, 0) is 29.7 Å². The van der Waals surface area contributed by atoms with E-state index in [0.717, 1.165) is 0 Å². The van der Waals surface area contributed by atoms with Gasteiger partial charge in [0.05, 0.1) is 0 Å². The average Bonchev–Trinajstić information content (AvgIpc) is 2.86. The molecule has 0 saturated heterocycles. The topological polar surface area (TPSA) is 60.4 Å². The zero-order valence-electron chi connectivity index (χ0n) is 22.0. The highest BCUT2D eigenvalue weighted by Crippen LogP contribution is 2.64. The fourth-order valence-electron chi connectivity index (χ4n) is 3.83. The van der Waals surface area contributed by atoms with Gasteiger partial charge in [-0.3, -0.25) is 4.79 Å². The van der Waals surface area contributed by atoms with Gasteiger partial charge in [-0.15, -0.1) is 0 Å². The van der Waals surface area contributed by atoms with Crippen molar-refractivity contribution in [3.8, 4) is 0 Å². The molecule has 44 heavy (non-hydrogen) atoms. The molecule has 0 aliphatic heterocycles. The summed E-state index contributed by atoms with van der Waals surface area (Å²) in [6.07, 6.45) is -5.68. The van der Waals surface area contributed by atoms with Crippen LogP contribution in [0.5, 0.6) is 0 Å². The lowest BCUT2D eigenvalue weighted by molar-refractivity contribution is -0.458. The maximum atomic E-state index is 14.5. The molecule has 1 unspecified atom stereocenters. The monoisotopic (exact) mass is 727 g/mol. The highest BCUT2D eigenvalue weighted by Gasteiger charge is 2.96. The van der Waals surface area contributed by atoms with Gasteiger partial charge in [-0.2, -0.15) is 83.1 Å². The first-order valence-electron chi connectivity index (χ1n) is 12.3. The van der Waals surface area contributed by atoms with E-state index in [1.165, 1.54) is 0 Å². The molecule has 0 bridgehead atoms. The van der Waals surface area contributed by atoms with Crippen LogP contribution in [0.3, 0.4) is 0 Å². The second kappa shape index (κ2) is 13.1. The molecule has 1 fully saturated rings. The van der Waals surface area contributed by atoms with E-state index >= 15 is 0 Å². The number of ketones is 1. The molecule has 0 heterocycles. The predicted molar refractivity (Wildman–Crippen MR) is 119 cm³/mol. The van der Waals surface area contributed by atoms with Crippen LogP contribution in [0.2, 0.25) is 0 Å². The van der Waals surface area contributed by atoms with E-state index in [0.29, 0.717) is 25.7 Å². The van der Waals surface area contributed by atoms with Crippen molar-refractivity contribution in [3.05, 3.63) is 0 Å². The summed E-state index contributed by atoms with van der Waals surface area (Å²) in [6, 6.07) is 0. The maximum absolute atomic E-state index is 14.5. The molecule has 1 aliphatic carbocycles. The lowest BCUT2D eigenvalue weighted by Gasteiger charge is -2.42. The van der Waals surface area contributed by atoms with Crippen molar-refractivity contribution in [2.45, 2.75) is 105 Å². The van der Waals surface area contributed by atoms with Crippen molar-refractivity contribution in [2.75, 3.05) is 11.5 Å². The van der Waals surface area contributed by atoms with Gasteiger partial charge in [0.25, 0.3) is 0 Å². The third-order valence-electron chi connectivity index (χ3n) is 6.47. The van der Waals surface area contributed by atoms with E-state index in [9.17, 15) is 87.8 Å². The average molecular weight is 728 g/mol. The van der Waals surface area contributed by atoms with E-state index in [4.69, 9.17) is 0 Å². The zero-order chi connectivity index (χ0) is 35.0. The summed E-state index contributed by atoms with van der Waals surface area (Å²) < 4.78 is 258. The molecular formula is C21H24F17O4S2+. The van der Waals surface area contributed by atoms with Crippen LogP contribution in [0.4, 0.5) is 74.6 Å².